The number of aryl methyl sites for hydroxylation is 1. The normalized spacial score (nSPS) is 18.4. The third kappa shape index (κ3) is 10.3. The minimum absolute atomic E-state index is 0.0521. The van der Waals surface area contributed by atoms with Crippen LogP contribution in [0.4, 0.5) is 21.9 Å². The van der Waals surface area contributed by atoms with Gasteiger partial charge in [0.1, 0.15) is 17.2 Å². The summed E-state index contributed by atoms with van der Waals surface area (Å²) in [6.07, 6.45) is 6.05. The van der Waals surface area contributed by atoms with Crippen molar-refractivity contribution in [3.8, 4) is 11.5 Å². The number of methoxy groups -OCH3 is 1. The van der Waals surface area contributed by atoms with Crippen molar-refractivity contribution in [2.45, 2.75) is 83.8 Å². The lowest BCUT2D eigenvalue weighted by molar-refractivity contribution is -0.198. The van der Waals surface area contributed by atoms with Crippen molar-refractivity contribution in [1.29, 1.82) is 0 Å². The number of piperidine rings is 1. The van der Waals surface area contributed by atoms with Gasteiger partial charge in [0.05, 0.1) is 36.7 Å². The molecule has 3 atom stereocenters. The lowest BCUT2D eigenvalue weighted by atomic mass is 10.00. The van der Waals surface area contributed by atoms with Gasteiger partial charge in [0.25, 0.3) is 11.8 Å². The Kier molecular flexibility index (Phi) is 15.1. The van der Waals surface area contributed by atoms with Crippen LogP contribution in [-0.4, -0.2) is 96.4 Å². The van der Waals surface area contributed by atoms with Gasteiger partial charge in [0.2, 0.25) is 5.91 Å². The number of carboxylic acids is 1. The van der Waals surface area contributed by atoms with E-state index in [1.807, 2.05) is 13.8 Å². The molecule has 2 aromatic carbocycles. The average Bonchev–Trinajstić information content (AvgIpc) is 3.85. The number of amides is 4. The van der Waals surface area contributed by atoms with Crippen LogP contribution in [0, 0.1) is 0 Å². The number of nitrogens with zero attached hydrogens (tertiary/aromatic N) is 3. The van der Waals surface area contributed by atoms with E-state index >= 15 is 0 Å². The van der Waals surface area contributed by atoms with Gasteiger partial charge in [-0.3, -0.25) is 14.4 Å². The van der Waals surface area contributed by atoms with E-state index in [4.69, 9.17) is 23.7 Å². The summed E-state index contributed by atoms with van der Waals surface area (Å²) in [7, 11) is 3.15. The molecule has 4 aromatic rings. The zero-order chi connectivity index (χ0) is 43.6. The number of benzene rings is 2. The van der Waals surface area contributed by atoms with Crippen LogP contribution in [0.3, 0.4) is 0 Å². The van der Waals surface area contributed by atoms with Crippen LogP contribution in [-0.2, 0) is 26.1 Å². The standard InChI is InChI=1S/C42H47N5O11S.C2H6/c1-4-16-57-42(53)47-30-23-33(32(54-3)22-28(30)39(50)46-15-7-5-10-29(46)40(47)58-37-12-6-8-17-56-37)55-18-9-11-36(48)43-27-21-31(45(2)24-27)38(49)44-26-13-14-34-25(19-26)20-35(59-34)41(51)52;1-2/h4,13-14,19-24,29,37,40H,1,5-12,15-18H2,2-3H3,(H,43,48)(H,44,49)(H,51,52);1-2H3. The van der Waals surface area contributed by atoms with Gasteiger partial charge in [-0.25, -0.2) is 14.5 Å². The number of carbonyl (C=O) groups is 5. The molecule has 7 rings (SSSR count). The number of hydrogen-bond donors (Lipinski definition) is 3. The van der Waals surface area contributed by atoms with Gasteiger partial charge in [-0.1, -0.05) is 26.5 Å². The first kappa shape index (κ1) is 44.6. The van der Waals surface area contributed by atoms with Gasteiger partial charge in [-0.2, -0.15) is 0 Å². The van der Waals surface area contributed by atoms with Gasteiger partial charge < -0.3 is 48.9 Å². The summed E-state index contributed by atoms with van der Waals surface area (Å²) < 4.78 is 32.3. The Morgan fingerprint density at radius 1 is 1.00 bits per heavy atom. The minimum Gasteiger partial charge on any atom is -0.493 e. The molecule has 326 valence electrons. The maximum atomic E-state index is 14.2. The Balaban J connectivity index is 0.00000307. The predicted molar refractivity (Wildman–Crippen MR) is 231 cm³/mol. The summed E-state index contributed by atoms with van der Waals surface area (Å²) in [5.41, 5.74) is 1.71. The van der Waals surface area contributed by atoms with Crippen LogP contribution in [0.15, 0.2) is 61.3 Å². The van der Waals surface area contributed by atoms with Crippen LogP contribution >= 0.6 is 11.3 Å². The molecule has 61 heavy (non-hydrogen) atoms. The fourth-order valence-electron chi connectivity index (χ4n) is 7.61. The van der Waals surface area contributed by atoms with E-state index in [-0.39, 0.29) is 59.1 Å². The highest BCUT2D eigenvalue weighted by molar-refractivity contribution is 7.20. The molecule has 0 radical (unpaired) electrons. The third-order valence-electron chi connectivity index (χ3n) is 10.4. The van der Waals surface area contributed by atoms with Crippen LogP contribution in [0.25, 0.3) is 10.1 Å². The molecule has 3 aliphatic heterocycles. The van der Waals surface area contributed by atoms with Crippen molar-refractivity contribution in [1.82, 2.24) is 9.47 Å². The van der Waals surface area contributed by atoms with Crippen LogP contribution in [0.2, 0.25) is 0 Å². The molecule has 17 heteroatoms. The van der Waals surface area contributed by atoms with E-state index in [2.05, 4.69) is 17.2 Å². The number of carbonyl (C=O) groups excluding carboxylic acids is 4. The minimum atomic E-state index is -1.01. The summed E-state index contributed by atoms with van der Waals surface area (Å²) in [6, 6.07) is 11.0. The van der Waals surface area contributed by atoms with Crippen molar-refractivity contribution >= 4 is 68.3 Å². The maximum absolute atomic E-state index is 14.2. The van der Waals surface area contributed by atoms with Crippen molar-refractivity contribution in [3.63, 3.8) is 0 Å². The monoisotopic (exact) mass is 859 g/mol. The smallest absolute Gasteiger partial charge is 0.416 e. The molecular formula is C44H53N5O11S. The summed E-state index contributed by atoms with van der Waals surface area (Å²) >= 11 is 1.15. The Bertz CT molecular complexity index is 2250. The largest absolute Gasteiger partial charge is 0.493 e. The Morgan fingerprint density at radius 3 is 2.54 bits per heavy atom. The second-order valence-electron chi connectivity index (χ2n) is 14.5. The summed E-state index contributed by atoms with van der Waals surface area (Å²) in [4.78, 5) is 69.0. The fraction of sp³-hybridized carbons (Fsp3) is 0.432. The molecule has 0 spiro atoms. The molecule has 5 heterocycles. The Morgan fingerprint density at radius 2 is 1.80 bits per heavy atom. The number of carboxylic acid groups (broad SMARTS) is 1. The fourth-order valence-corrected chi connectivity index (χ4v) is 8.49. The summed E-state index contributed by atoms with van der Waals surface area (Å²) in [6.45, 7) is 8.75. The summed E-state index contributed by atoms with van der Waals surface area (Å²) in [5.74, 6) is -1.45. The Hall–Kier alpha value is -5.91. The SMILES string of the molecule is C=CCOC(=O)N1c2cc(OCCCC(=O)Nc3cc(C(=O)Nc4ccc5sc(C(=O)O)cc5c4)n(C)c3)c(OC)cc2C(=O)N2CCCCC2C1OC1CCCCO1.CC. The molecule has 3 aliphatic rings. The number of thiophene rings is 1. The summed E-state index contributed by atoms with van der Waals surface area (Å²) in [5, 5.41) is 15.7. The first-order valence-corrected chi connectivity index (χ1v) is 21.4. The van der Waals surface area contributed by atoms with E-state index in [0.717, 1.165) is 41.7 Å². The molecule has 4 amide bonds. The first-order chi connectivity index (χ1) is 29.5. The topological polar surface area (TPSA) is 187 Å². The number of hydrogen-bond acceptors (Lipinski definition) is 11. The lowest BCUT2D eigenvalue weighted by Gasteiger charge is -2.42. The second-order valence-corrected chi connectivity index (χ2v) is 15.6. The quantitative estimate of drug-likeness (QED) is 0.0823. The van der Waals surface area contributed by atoms with Gasteiger partial charge in [-0.05, 0) is 86.7 Å². The zero-order valence-electron chi connectivity index (χ0n) is 34.9. The molecule has 2 saturated heterocycles. The van der Waals surface area contributed by atoms with Gasteiger partial charge >= 0.3 is 12.1 Å². The molecule has 0 bridgehead atoms. The van der Waals surface area contributed by atoms with E-state index in [9.17, 15) is 29.1 Å². The van der Waals surface area contributed by atoms with Crippen LogP contribution in [0.5, 0.6) is 11.5 Å². The van der Waals surface area contributed by atoms with Gasteiger partial charge in [-0.15, -0.1) is 11.3 Å². The van der Waals surface area contributed by atoms with Crippen molar-refractivity contribution in [2.24, 2.45) is 7.05 Å². The van der Waals surface area contributed by atoms with E-state index < -0.39 is 36.5 Å². The van der Waals surface area contributed by atoms with E-state index in [1.165, 1.54) is 18.1 Å². The maximum Gasteiger partial charge on any atom is 0.416 e. The number of aromatic nitrogens is 1. The van der Waals surface area contributed by atoms with Crippen molar-refractivity contribution in [3.05, 3.63) is 77.5 Å². The molecule has 3 N–H and O–H groups in total. The molecular weight excluding hydrogens is 807 g/mol. The molecule has 0 saturated carbocycles. The average molecular weight is 860 g/mol. The number of ether oxygens (including phenoxy) is 5. The molecule has 0 aliphatic carbocycles. The van der Waals surface area contributed by atoms with Crippen molar-refractivity contribution < 1.29 is 52.8 Å². The molecule has 2 fully saturated rings. The van der Waals surface area contributed by atoms with E-state index in [1.54, 1.807) is 65.2 Å². The van der Waals surface area contributed by atoms with Gasteiger partial charge in [0.15, 0.2) is 24.0 Å². The third-order valence-corrected chi connectivity index (χ3v) is 11.5. The number of aromatic carboxylic acids is 1. The lowest BCUT2D eigenvalue weighted by Crippen LogP contribution is -2.57. The number of anilines is 3. The number of nitrogens with one attached hydrogen (secondary N) is 2. The second kappa shape index (κ2) is 20.6. The molecule has 3 unspecified atom stereocenters. The highest BCUT2D eigenvalue weighted by atomic mass is 32.1. The predicted octanol–water partition coefficient (Wildman–Crippen LogP) is 8.03. The first-order valence-electron chi connectivity index (χ1n) is 20.6. The van der Waals surface area contributed by atoms with E-state index in [0.29, 0.717) is 54.9 Å². The van der Waals surface area contributed by atoms with Crippen molar-refractivity contribution in [2.75, 3.05) is 49.0 Å². The van der Waals surface area contributed by atoms with Gasteiger partial charge in [0, 0.05) is 49.3 Å². The molecule has 16 nitrogen and oxygen atoms in total. The highest BCUT2D eigenvalue weighted by Crippen LogP contribution is 2.42. The molecule has 2 aromatic heterocycles. The zero-order valence-corrected chi connectivity index (χ0v) is 35.7. The Labute approximate surface area is 358 Å². The number of fused-ring (bicyclic) bond motifs is 3. The highest BCUT2D eigenvalue weighted by Gasteiger charge is 2.47. The number of rotatable bonds is 14. The van der Waals surface area contributed by atoms with Crippen LogP contribution in [0.1, 0.15) is 95.7 Å². The van der Waals surface area contributed by atoms with Crippen LogP contribution < -0.4 is 25.0 Å².